The van der Waals surface area contributed by atoms with Crippen molar-refractivity contribution in [2.45, 2.75) is 5.41 Å². The molecule has 1 aliphatic rings. The zero-order valence-corrected chi connectivity index (χ0v) is 15.6. The van der Waals surface area contributed by atoms with Crippen LogP contribution in [0.2, 0.25) is 0 Å². The number of fused-ring (bicyclic) bond motifs is 3. The van der Waals surface area contributed by atoms with E-state index in [1.807, 2.05) is 24.3 Å². The second-order valence-electron chi connectivity index (χ2n) is 7.12. The summed E-state index contributed by atoms with van der Waals surface area (Å²) in [7, 11) is 1.70. The molecule has 1 N–H and O–H groups in total. The van der Waals surface area contributed by atoms with Gasteiger partial charge in [-0.2, -0.15) is 0 Å². The van der Waals surface area contributed by atoms with Crippen LogP contribution in [0.5, 0.6) is 11.5 Å². The molecule has 0 heterocycles. The van der Waals surface area contributed by atoms with E-state index in [0.29, 0.717) is 0 Å². The average Bonchev–Trinajstić information content (AvgIpc) is 3.06. The Labute approximate surface area is 164 Å². The lowest BCUT2D eigenvalue weighted by molar-refractivity contribution is 0.414. The van der Waals surface area contributed by atoms with Crippen molar-refractivity contribution in [2.75, 3.05) is 7.11 Å². The molecular weight excluding hydrogens is 344 g/mol. The summed E-state index contributed by atoms with van der Waals surface area (Å²) < 4.78 is 5.55. The number of phenols is 1. The van der Waals surface area contributed by atoms with Crippen molar-refractivity contribution >= 4 is 0 Å². The van der Waals surface area contributed by atoms with Crippen LogP contribution in [0.15, 0.2) is 97.1 Å². The lowest BCUT2D eigenvalue weighted by atomic mass is 9.67. The van der Waals surface area contributed by atoms with Crippen LogP contribution in [0.3, 0.4) is 0 Å². The summed E-state index contributed by atoms with van der Waals surface area (Å²) in [6.45, 7) is 0. The maximum absolute atomic E-state index is 9.91. The maximum Gasteiger partial charge on any atom is 0.119 e. The summed E-state index contributed by atoms with van der Waals surface area (Å²) >= 11 is 0. The van der Waals surface area contributed by atoms with E-state index in [1.54, 1.807) is 19.2 Å². The number of aromatic hydroxyl groups is 1. The van der Waals surface area contributed by atoms with Gasteiger partial charge >= 0.3 is 0 Å². The summed E-state index contributed by atoms with van der Waals surface area (Å²) in [5.41, 5.74) is 6.79. The van der Waals surface area contributed by atoms with Crippen molar-refractivity contribution in [3.63, 3.8) is 0 Å². The highest BCUT2D eigenvalue weighted by Crippen LogP contribution is 2.56. The first kappa shape index (κ1) is 16.6. The topological polar surface area (TPSA) is 29.5 Å². The normalized spacial score (nSPS) is 13.6. The molecular formula is C26H20O2. The molecule has 0 unspecified atom stereocenters. The van der Waals surface area contributed by atoms with E-state index in [4.69, 9.17) is 4.74 Å². The van der Waals surface area contributed by atoms with Gasteiger partial charge in [-0.15, -0.1) is 0 Å². The van der Waals surface area contributed by atoms with Crippen LogP contribution in [0.25, 0.3) is 11.1 Å². The zero-order chi connectivity index (χ0) is 19.1. The molecule has 2 heteroatoms. The van der Waals surface area contributed by atoms with Crippen molar-refractivity contribution in [1.29, 1.82) is 0 Å². The molecule has 0 amide bonds. The number of rotatable bonds is 3. The largest absolute Gasteiger partial charge is 0.508 e. The number of hydrogen-bond donors (Lipinski definition) is 1. The molecule has 0 spiro atoms. The zero-order valence-electron chi connectivity index (χ0n) is 15.6. The van der Waals surface area contributed by atoms with Crippen molar-refractivity contribution in [1.82, 2.24) is 0 Å². The number of hydrogen-bond acceptors (Lipinski definition) is 2. The van der Waals surface area contributed by atoms with E-state index in [1.165, 1.54) is 22.3 Å². The number of ether oxygens (including phenoxy) is 1. The number of phenolic OH excluding ortho intramolecular Hbond substituents is 1. The van der Waals surface area contributed by atoms with Crippen molar-refractivity contribution in [2.24, 2.45) is 0 Å². The van der Waals surface area contributed by atoms with Gasteiger partial charge in [-0.3, -0.25) is 0 Å². The molecule has 0 aliphatic heterocycles. The van der Waals surface area contributed by atoms with Gasteiger partial charge in [0.05, 0.1) is 12.5 Å². The van der Waals surface area contributed by atoms with Crippen LogP contribution in [0, 0.1) is 0 Å². The first-order valence-electron chi connectivity index (χ1n) is 9.38. The van der Waals surface area contributed by atoms with Crippen LogP contribution in [0.4, 0.5) is 0 Å². The highest BCUT2D eigenvalue weighted by molar-refractivity contribution is 5.86. The molecule has 4 aromatic carbocycles. The molecule has 4 aromatic rings. The minimum Gasteiger partial charge on any atom is -0.508 e. The molecule has 1 aliphatic carbocycles. The van der Waals surface area contributed by atoms with E-state index in [-0.39, 0.29) is 5.75 Å². The Morgan fingerprint density at radius 2 is 1.25 bits per heavy atom. The Morgan fingerprint density at radius 3 is 1.86 bits per heavy atom. The molecule has 0 radical (unpaired) electrons. The predicted molar refractivity (Wildman–Crippen MR) is 112 cm³/mol. The van der Waals surface area contributed by atoms with Gasteiger partial charge < -0.3 is 9.84 Å². The molecule has 0 fully saturated rings. The summed E-state index contributed by atoms with van der Waals surface area (Å²) in [6, 6.07) is 33.0. The van der Waals surface area contributed by atoms with E-state index >= 15 is 0 Å². The summed E-state index contributed by atoms with van der Waals surface area (Å²) in [5, 5.41) is 9.91. The fourth-order valence-electron chi connectivity index (χ4n) is 4.59. The monoisotopic (exact) mass is 364 g/mol. The Hall–Kier alpha value is -3.52. The molecule has 0 aromatic heterocycles. The van der Waals surface area contributed by atoms with Crippen LogP contribution >= 0.6 is 0 Å². The molecule has 0 atom stereocenters. The van der Waals surface area contributed by atoms with Crippen LogP contribution in [0.1, 0.15) is 22.3 Å². The first-order chi connectivity index (χ1) is 13.7. The quantitative estimate of drug-likeness (QED) is 0.441. The third-order valence-corrected chi connectivity index (χ3v) is 5.76. The third kappa shape index (κ3) is 2.21. The van der Waals surface area contributed by atoms with Gasteiger partial charge in [0.2, 0.25) is 0 Å². The van der Waals surface area contributed by atoms with Gasteiger partial charge in [-0.05, 0) is 57.6 Å². The van der Waals surface area contributed by atoms with Crippen LogP contribution in [-0.4, -0.2) is 12.2 Å². The molecule has 5 rings (SSSR count). The fraction of sp³-hybridized carbons (Fsp3) is 0.0769. The Morgan fingerprint density at radius 1 is 0.643 bits per heavy atom. The van der Waals surface area contributed by atoms with Gasteiger partial charge in [0, 0.05) is 0 Å². The molecule has 28 heavy (non-hydrogen) atoms. The minimum atomic E-state index is -0.463. The second kappa shape index (κ2) is 6.28. The Kier molecular flexibility index (Phi) is 3.73. The third-order valence-electron chi connectivity index (χ3n) is 5.76. The van der Waals surface area contributed by atoms with E-state index in [9.17, 15) is 5.11 Å². The smallest absolute Gasteiger partial charge is 0.119 e. The second-order valence-corrected chi connectivity index (χ2v) is 7.12. The first-order valence-corrected chi connectivity index (χ1v) is 9.38. The average molecular weight is 364 g/mol. The summed E-state index contributed by atoms with van der Waals surface area (Å²) in [4.78, 5) is 0. The molecule has 2 nitrogen and oxygen atoms in total. The van der Waals surface area contributed by atoms with Crippen LogP contribution < -0.4 is 4.74 Å². The molecule has 0 saturated heterocycles. The molecule has 0 bridgehead atoms. The predicted octanol–water partition coefficient (Wildman–Crippen LogP) is 5.76. The van der Waals surface area contributed by atoms with Crippen LogP contribution in [-0.2, 0) is 5.41 Å². The lowest BCUT2D eigenvalue weighted by Crippen LogP contribution is -2.28. The lowest BCUT2D eigenvalue weighted by Gasteiger charge is -2.34. The van der Waals surface area contributed by atoms with Crippen molar-refractivity contribution in [3.05, 3.63) is 119 Å². The van der Waals surface area contributed by atoms with E-state index < -0.39 is 5.41 Å². The Bertz CT molecular complexity index is 1110. The van der Waals surface area contributed by atoms with Gasteiger partial charge in [-0.25, -0.2) is 0 Å². The van der Waals surface area contributed by atoms with Crippen molar-refractivity contribution in [3.8, 4) is 22.6 Å². The highest BCUT2D eigenvalue weighted by Gasteiger charge is 2.45. The molecule has 0 saturated carbocycles. The summed E-state index contributed by atoms with van der Waals surface area (Å²) in [6.07, 6.45) is 0. The van der Waals surface area contributed by atoms with Gasteiger partial charge in [-0.1, -0.05) is 72.8 Å². The van der Waals surface area contributed by atoms with E-state index in [2.05, 4.69) is 60.7 Å². The van der Waals surface area contributed by atoms with Crippen molar-refractivity contribution < 1.29 is 9.84 Å². The standard InChI is InChI=1S/C26H20O2/c1-28-21-8-6-7-19(17-21)26(18-13-15-20(27)16-14-18)24-11-4-2-9-22(24)23-10-3-5-12-25(23)26/h2-17,27H,1H3. The Balaban J connectivity index is 1.94. The maximum atomic E-state index is 9.91. The van der Waals surface area contributed by atoms with E-state index in [0.717, 1.165) is 16.9 Å². The molecule has 136 valence electrons. The van der Waals surface area contributed by atoms with Gasteiger partial charge in [0.1, 0.15) is 11.5 Å². The highest BCUT2D eigenvalue weighted by atomic mass is 16.5. The SMILES string of the molecule is COc1cccc(C2(c3ccc(O)cc3)c3ccccc3-c3ccccc32)c1. The minimum absolute atomic E-state index is 0.268. The number of methoxy groups -OCH3 is 1. The van der Waals surface area contributed by atoms with Gasteiger partial charge in [0.25, 0.3) is 0 Å². The summed E-state index contributed by atoms with van der Waals surface area (Å²) in [5.74, 6) is 1.10. The van der Waals surface area contributed by atoms with Gasteiger partial charge in [0.15, 0.2) is 0 Å². The fourth-order valence-corrected chi connectivity index (χ4v) is 4.59. The number of benzene rings is 4.